The standard InChI is InChI=1S/C13H13BrO/c14-12-6-4-11(5-7-12)13(10-15)8-2-1-3-9-13/h1-8,15H,9-10H2/t13-/m0/s1. The summed E-state index contributed by atoms with van der Waals surface area (Å²) in [4.78, 5) is 0. The molecule has 1 aromatic rings. The number of hydrogen-bond acceptors (Lipinski definition) is 1. The smallest absolute Gasteiger partial charge is 0.0565 e. The number of rotatable bonds is 2. The number of hydrogen-bond donors (Lipinski definition) is 1. The van der Waals surface area contributed by atoms with Crippen molar-refractivity contribution in [1.29, 1.82) is 0 Å². The lowest BCUT2D eigenvalue weighted by Crippen LogP contribution is -2.28. The van der Waals surface area contributed by atoms with Crippen molar-refractivity contribution in [3.63, 3.8) is 0 Å². The van der Waals surface area contributed by atoms with Gasteiger partial charge in [-0.25, -0.2) is 0 Å². The first-order chi connectivity index (χ1) is 7.27. The predicted molar refractivity (Wildman–Crippen MR) is 65.8 cm³/mol. The van der Waals surface area contributed by atoms with Gasteiger partial charge in [0, 0.05) is 9.89 Å². The van der Waals surface area contributed by atoms with E-state index in [-0.39, 0.29) is 12.0 Å². The van der Waals surface area contributed by atoms with Gasteiger partial charge >= 0.3 is 0 Å². The van der Waals surface area contributed by atoms with Crippen LogP contribution in [0.2, 0.25) is 0 Å². The molecule has 0 radical (unpaired) electrons. The summed E-state index contributed by atoms with van der Waals surface area (Å²) >= 11 is 3.41. The Morgan fingerprint density at radius 1 is 1.20 bits per heavy atom. The summed E-state index contributed by atoms with van der Waals surface area (Å²) in [5, 5.41) is 9.57. The second-order valence-electron chi connectivity index (χ2n) is 3.81. The van der Waals surface area contributed by atoms with E-state index in [0.717, 1.165) is 16.5 Å². The first-order valence-corrected chi connectivity index (χ1v) is 5.77. The van der Waals surface area contributed by atoms with Crippen LogP contribution in [-0.4, -0.2) is 11.7 Å². The van der Waals surface area contributed by atoms with Crippen molar-refractivity contribution in [3.05, 3.63) is 58.6 Å². The maximum Gasteiger partial charge on any atom is 0.0565 e. The van der Waals surface area contributed by atoms with Crippen molar-refractivity contribution >= 4 is 15.9 Å². The number of benzene rings is 1. The quantitative estimate of drug-likeness (QED) is 0.870. The summed E-state index contributed by atoms with van der Waals surface area (Å²) in [6, 6.07) is 8.14. The molecule has 0 fully saturated rings. The molecule has 0 aromatic heterocycles. The third kappa shape index (κ3) is 2.06. The number of halogens is 1. The molecular formula is C13H13BrO. The highest BCUT2D eigenvalue weighted by atomic mass is 79.9. The van der Waals surface area contributed by atoms with E-state index in [1.54, 1.807) is 0 Å². The highest BCUT2D eigenvalue weighted by Gasteiger charge is 2.28. The minimum Gasteiger partial charge on any atom is -0.395 e. The van der Waals surface area contributed by atoms with Crippen LogP contribution in [0.5, 0.6) is 0 Å². The van der Waals surface area contributed by atoms with Crippen LogP contribution in [0.25, 0.3) is 0 Å². The maximum absolute atomic E-state index is 9.57. The average molecular weight is 265 g/mol. The molecule has 1 atom stereocenters. The largest absolute Gasteiger partial charge is 0.395 e. The van der Waals surface area contributed by atoms with Crippen LogP contribution < -0.4 is 0 Å². The van der Waals surface area contributed by atoms with Gasteiger partial charge in [-0.1, -0.05) is 52.4 Å². The van der Waals surface area contributed by atoms with Gasteiger partial charge in [0.15, 0.2) is 0 Å². The molecule has 2 heteroatoms. The van der Waals surface area contributed by atoms with Crippen molar-refractivity contribution < 1.29 is 5.11 Å². The van der Waals surface area contributed by atoms with E-state index in [4.69, 9.17) is 0 Å². The zero-order valence-corrected chi connectivity index (χ0v) is 9.94. The van der Waals surface area contributed by atoms with Gasteiger partial charge in [0.1, 0.15) is 0 Å². The molecule has 1 aromatic carbocycles. The first kappa shape index (κ1) is 10.7. The molecule has 1 N–H and O–H groups in total. The molecule has 1 nitrogen and oxygen atoms in total. The molecular weight excluding hydrogens is 252 g/mol. The third-order valence-electron chi connectivity index (χ3n) is 2.85. The minimum absolute atomic E-state index is 0.148. The third-order valence-corrected chi connectivity index (χ3v) is 3.37. The van der Waals surface area contributed by atoms with Gasteiger partial charge < -0.3 is 5.11 Å². The minimum atomic E-state index is -0.227. The van der Waals surface area contributed by atoms with Gasteiger partial charge in [-0.15, -0.1) is 0 Å². The molecule has 0 heterocycles. The molecule has 1 aliphatic carbocycles. The Hall–Kier alpha value is -0.860. The van der Waals surface area contributed by atoms with E-state index in [1.165, 1.54) is 0 Å². The molecule has 0 aliphatic heterocycles. The molecule has 1 aliphatic rings. The molecule has 78 valence electrons. The van der Waals surface area contributed by atoms with E-state index < -0.39 is 0 Å². The summed E-state index contributed by atoms with van der Waals surface area (Å²) < 4.78 is 1.06. The molecule has 0 saturated heterocycles. The molecule has 0 bridgehead atoms. The van der Waals surface area contributed by atoms with Crippen LogP contribution in [-0.2, 0) is 5.41 Å². The fourth-order valence-electron chi connectivity index (χ4n) is 1.87. The second-order valence-corrected chi connectivity index (χ2v) is 4.73. The Kier molecular flexibility index (Phi) is 3.08. The Morgan fingerprint density at radius 2 is 1.93 bits per heavy atom. The SMILES string of the molecule is OC[C@]1(c2ccc(Br)cc2)C=CC=CC1. The van der Waals surface area contributed by atoms with Crippen molar-refractivity contribution in [2.24, 2.45) is 0 Å². The van der Waals surface area contributed by atoms with Crippen molar-refractivity contribution in [2.75, 3.05) is 6.61 Å². The zero-order chi connectivity index (χ0) is 10.7. The van der Waals surface area contributed by atoms with Gasteiger partial charge in [0.25, 0.3) is 0 Å². The monoisotopic (exact) mass is 264 g/mol. The van der Waals surface area contributed by atoms with E-state index in [9.17, 15) is 5.11 Å². The summed E-state index contributed by atoms with van der Waals surface area (Å²) in [5.74, 6) is 0. The Bertz CT molecular complexity index is 392. The fourth-order valence-corrected chi connectivity index (χ4v) is 2.13. The van der Waals surface area contributed by atoms with Gasteiger partial charge in [0.05, 0.1) is 6.61 Å². The van der Waals surface area contributed by atoms with E-state index >= 15 is 0 Å². The predicted octanol–water partition coefficient (Wildman–Crippen LogP) is 3.20. The second kappa shape index (κ2) is 4.33. The van der Waals surface area contributed by atoms with Crippen LogP contribution in [0.15, 0.2) is 53.0 Å². The molecule has 0 spiro atoms. The summed E-state index contributed by atoms with van der Waals surface area (Å²) in [6.07, 6.45) is 9.06. The molecule has 15 heavy (non-hydrogen) atoms. The first-order valence-electron chi connectivity index (χ1n) is 4.98. The van der Waals surface area contributed by atoms with E-state index in [1.807, 2.05) is 24.3 Å². The highest BCUT2D eigenvalue weighted by molar-refractivity contribution is 9.10. The normalized spacial score (nSPS) is 24.4. The van der Waals surface area contributed by atoms with Crippen molar-refractivity contribution in [3.8, 4) is 0 Å². The lowest BCUT2D eigenvalue weighted by Gasteiger charge is -2.29. The van der Waals surface area contributed by atoms with Crippen LogP contribution in [0, 0.1) is 0 Å². The molecule has 2 rings (SSSR count). The molecule has 0 unspecified atom stereocenters. The fraction of sp³-hybridized carbons (Fsp3) is 0.231. The van der Waals surface area contributed by atoms with Gasteiger partial charge in [-0.2, -0.15) is 0 Å². The zero-order valence-electron chi connectivity index (χ0n) is 8.36. The summed E-state index contributed by atoms with van der Waals surface area (Å²) in [7, 11) is 0. The van der Waals surface area contributed by atoms with Crippen LogP contribution in [0.3, 0.4) is 0 Å². The average Bonchev–Trinajstić information content (AvgIpc) is 2.31. The van der Waals surface area contributed by atoms with E-state index in [0.29, 0.717) is 0 Å². The highest BCUT2D eigenvalue weighted by Crippen LogP contribution is 2.32. The number of allylic oxidation sites excluding steroid dienone is 3. The maximum atomic E-state index is 9.57. The van der Waals surface area contributed by atoms with E-state index in [2.05, 4.69) is 40.2 Å². The Labute approximate surface area is 98.3 Å². The van der Waals surface area contributed by atoms with Crippen LogP contribution in [0.4, 0.5) is 0 Å². The Balaban J connectivity index is 2.38. The summed E-state index contributed by atoms with van der Waals surface area (Å²) in [6.45, 7) is 0.148. The molecule has 0 amide bonds. The molecule has 0 saturated carbocycles. The topological polar surface area (TPSA) is 20.2 Å². The van der Waals surface area contributed by atoms with Crippen LogP contribution >= 0.6 is 15.9 Å². The Morgan fingerprint density at radius 3 is 2.47 bits per heavy atom. The van der Waals surface area contributed by atoms with Crippen LogP contribution in [0.1, 0.15) is 12.0 Å². The van der Waals surface area contributed by atoms with Gasteiger partial charge in [-0.05, 0) is 24.1 Å². The lowest BCUT2D eigenvalue weighted by molar-refractivity contribution is 0.225. The number of aliphatic hydroxyl groups is 1. The lowest BCUT2D eigenvalue weighted by atomic mass is 9.76. The number of aliphatic hydroxyl groups excluding tert-OH is 1. The van der Waals surface area contributed by atoms with Gasteiger partial charge in [0.2, 0.25) is 0 Å². The van der Waals surface area contributed by atoms with Crippen molar-refractivity contribution in [2.45, 2.75) is 11.8 Å². The summed E-state index contributed by atoms with van der Waals surface area (Å²) in [5.41, 5.74) is 0.934. The van der Waals surface area contributed by atoms with Gasteiger partial charge in [-0.3, -0.25) is 0 Å². The van der Waals surface area contributed by atoms with Crippen molar-refractivity contribution in [1.82, 2.24) is 0 Å².